The molecule has 1 aliphatic rings. The fraction of sp³-hybridized carbons (Fsp3) is 0.364. The molecule has 1 aliphatic heterocycles. The predicted octanol–water partition coefficient (Wildman–Crippen LogP) is 2.48. The molecule has 1 saturated heterocycles. The van der Waals surface area contributed by atoms with Crippen molar-refractivity contribution in [2.75, 3.05) is 33.3 Å². The molecule has 1 fully saturated rings. The maximum absolute atomic E-state index is 9.10. The number of hydrogen-bond acceptors (Lipinski definition) is 5. The number of para-hydroxylation sites is 1. The summed E-state index contributed by atoms with van der Waals surface area (Å²) in [6.45, 7) is 8.73. The Labute approximate surface area is 171 Å². The maximum Gasteiger partial charge on any atom is 0.414 e. The Bertz CT molecular complexity index is 804. The Morgan fingerprint density at radius 3 is 1.76 bits per heavy atom. The van der Waals surface area contributed by atoms with Crippen molar-refractivity contribution in [1.82, 2.24) is 9.80 Å². The Balaban J connectivity index is 0.000000438. The van der Waals surface area contributed by atoms with Crippen LogP contribution in [0.4, 0.5) is 0 Å². The van der Waals surface area contributed by atoms with E-state index in [0.29, 0.717) is 0 Å². The van der Waals surface area contributed by atoms with E-state index in [1.807, 2.05) is 12.1 Å². The van der Waals surface area contributed by atoms with Crippen LogP contribution in [0.3, 0.4) is 0 Å². The average Bonchev–Trinajstić information content (AvgIpc) is 2.72. The lowest BCUT2D eigenvalue weighted by Gasteiger charge is -2.35. The fourth-order valence-electron chi connectivity index (χ4n) is 3.21. The second-order valence-electron chi connectivity index (χ2n) is 6.90. The van der Waals surface area contributed by atoms with Crippen molar-refractivity contribution in [3.05, 3.63) is 65.2 Å². The molecule has 2 aromatic rings. The van der Waals surface area contributed by atoms with Gasteiger partial charge in [-0.25, -0.2) is 9.59 Å². The number of nitrogens with zero attached hydrogens (tertiary/aromatic N) is 2. The molecule has 0 atom stereocenters. The molecule has 156 valence electrons. The smallest absolute Gasteiger partial charge is 0.414 e. The Morgan fingerprint density at radius 2 is 1.28 bits per heavy atom. The van der Waals surface area contributed by atoms with E-state index in [1.54, 1.807) is 7.11 Å². The first-order chi connectivity index (χ1) is 13.9. The molecule has 0 saturated carbocycles. The lowest BCUT2D eigenvalue weighted by molar-refractivity contribution is -0.159. The summed E-state index contributed by atoms with van der Waals surface area (Å²) in [5.41, 5.74) is 4.12. The largest absolute Gasteiger partial charge is 0.496 e. The van der Waals surface area contributed by atoms with E-state index in [-0.39, 0.29) is 0 Å². The molecule has 0 aliphatic carbocycles. The summed E-state index contributed by atoms with van der Waals surface area (Å²) in [7, 11) is 1.75. The molecule has 29 heavy (non-hydrogen) atoms. The first kappa shape index (κ1) is 22.4. The second kappa shape index (κ2) is 11.2. The first-order valence-electron chi connectivity index (χ1n) is 9.48. The van der Waals surface area contributed by atoms with Gasteiger partial charge < -0.3 is 14.9 Å². The molecule has 0 bridgehead atoms. The van der Waals surface area contributed by atoms with Crippen molar-refractivity contribution in [3.8, 4) is 5.75 Å². The van der Waals surface area contributed by atoms with Gasteiger partial charge in [-0.05, 0) is 24.1 Å². The molecule has 2 aromatic carbocycles. The Kier molecular flexibility index (Phi) is 8.64. The fourth-order valence-corrected chi connectivity index (χ4v) is 3.21. The van der Waals surface area contributed by atoms with Crippen molar-refractivity contribution < 1.29 is 24.5 Å². The number of aryl methyl sites for hydroxylation is 1. The van der Waals surface area contributed by atoms with Gasteiger partial charge in [0.15, 0.2) is 0 Å². The van der Waals surface area contributed by atoms with E-state index in [9.17, 15) is 0 Å². The molecule has 1 heterocycles. The molecule has 0 amide bonds. The van der Waals surface area contributed by atoms with Gasteiger partial charge in [0, 0.05) is 44.8 Å². The van der Waals surface area contributed by atoms with E-state index in [2.05, 4.69) is 53.1 Å². The van der Waals surface area contributed by atoms with Crippen LogP contribution in [-0.4, -0.2) is 65.2 Å². The number of carboxylic acid groups (broad SMARTS) is 2. The third-order valence-electron chi connectivity index (χ3n) is 4.89. The number of hydrogen-bond donors (Lipinski definition) is 2. The van der Waals surface area contributed by atoms with Crippen molar-refractivity contribution >= 4 is 11.9 Å². The van der Waals surface area contributed by atoms with Crippen LogP contribution < -0.4 is 4.74 Å². The number of aliphatic carboxylic acids is 2. The third kappa shape index (κ3) is 7.21. The molecule has 0 unspecified atom stereocenters. The number of rotatable bonds is 5. The molecule has 7 heteroatoms. The minimum absolute atomic E-state index is 0.974. The number of carboxylic acids is 2. The van der Waals surface area contributed by atoms with Gasteiger partial charge in [0.2, 0.25) is 0 Å². The summed E-state index contributed by atoms with van der Waals surface area (Å²) in [6.07, 6.45) is 0. The zero-order chi connectivity index (χ0) is 21.2. The van der Waals surface area contributed by atoms with E-state index in [1.165, 1.54) is 16.7 Å². The summed E-state index contributed by atoms with van der Waals surface area (Å²) >= 11 is 0. The van der Waals surface area contributed by atoms with Gasteiger partial charge in [-0.3, -0.25) is 9.80 Å². The van der Waals surface area contributed by atoms with Gasteiger partial charge in [0.1, 0.15) is 5.75 Å². The highest BCUT2D eigenvalue weighted by Crippen LogP contribution is 2.20. The van der Waals surface area contributed by atoms with Crippen LogP contribution in [0.1, 0.15) is 16.7 Å². The molecule has 3 rings (SSSR count). The molecule has 2 N–H and O–H groups in total. The summed E-state index contributed by atoms with van der Waals surface area (Å²) in [4.78, 5) is 23.3. The quantitative estimate of drug-likeness (QED) is 0.745. The molecule has 7 nitrogen and oxygen atoms in total. The van der Waals surface area contributed by atoms with Gasteiger partial charge in [0.05, 0.1) is 7.11 Å². The topological polar surface area (TPSA) is 90.3 Å². The zero-order valence-electron chi connectivity index (χ0n) is 16.9. The van der Waals surface area contributed by atoms with Gasteiger partial charge >= 0.3 is 11.9 Å². The van der Waals surface area contributed by atoms with Crippen LogP contribution in [0.15, 0.2) is 48.5 Å². The van der Waals surface area contributed by atoms with Crippen LogP contribution >= 0.6 is 0 Å². The van der Waals surface area contributed by atoms with Crippen LogP contribution in [-0.2, 0) is 22.7 Å². The number of piperazine rings is 1. The lowest BCUT2D eigenvalue weighted by Crippen LogP contribution is -2.45. The SMILES string of the molecule is COc1ccccc1CN1CCN(Cc2ccccc2C)CC1.O=C(O)C(=O)O. The van der Waals surface area contributed by atoms with Crippen molar-refractivity contribution in [2.24, 2.45) is 0 Å². The van der Waals surface area contributed by atoms with E-state index in [4.69, 9.17) is 24.5 Å². The predicted molar refractivity (Wildman–Crippen MR) is 110 cm³/mol. The second-order valence-corrected chi connectivity index (χ2v) is 6.90. The minimum Gasteiger partial charge on any atom is -0.496 e. The highest BCUT2D eigenvalue weighted by atomic mass is 16.5. The van der Waals surface area contributed by atoms with Crippen molar-refractivity contribution in [1.29, 1.82) is 0 Å². The van der Waals surface area contributed by atoms with Crippen molar-refractivity contribution in [3.63, 3.8) is 0 Å². The van der Waals surface area contributed by atoms with E-state index < -0.39 is 11.9 Å². The normalized spacial score (nSPS) is 14.6. The van der Waals surface area contributed by atoms with Crippen molar-refractivity contribution in [2.45, 2.75) is 20.0 Å². The third-order valence-corrected chi connectivity index (χ3v) is 4.89. The number of ether oxygens (including phenoxy) is 1. The van der Waals surface area contributed by atoms with Crippen LogP contribution in [0, 0.1) is 6.92 Å². The number of carbonyl (C=O) groups is 2. The summed E-state index contributed by atoms with van der Waals surface area (Å²) in [5, 5.41) is 14.8. The Morgan fingerprint density at radius 1 is 0.828 bits per heavy atom. The first-order valence-corrected chi connectivity index (χ1v) is 9.48. The number of methoxy groups -OCH3 is 1. The zero-order valence-corrected chi connectivity index (χ0v) is 16.9. The van der Waals surface area contributed by atoms with Gasteiger partial charge in [-0.1, -0.05) is 42.5 Å². The monoisotopic (exact) mass is 400 g/mol. The highest BCUT2D eigenvalue weighted by Gasteiger charge is 2.18. The summed E-state index contributed by atoms with van der Waals surface area (Å²) in [5.74, 6) is -2.65. The minimum atomic E-state index is -1.82. The van der Waals surface area contributed by atoms with Gasteiger partial charge in [-0.15, -0.1) is 0 Å². The highest BCUT2D eigenvalue weighted by molar-refractivity contribution is 6.27. The van der Waals surface area contributed by atoms with Gasteiger partial charge in [-0.2, -0.15) is 0 Å². The molecule has 0 aromatic heterocycles. The van der Waals surface area contributed by atoms with E-state index in [0.717, 1.165) is 45.0 Å². The van der Waals surface area contributed by atoms with Crippen LogP contribution in [0.25, 0.3) is 0 Å². The maximum atomic E-state index is 9.10. The molecule has 0 radical (unpaired) electrons. The van der Waals surface area contributed by atoms with Crippen LogP contribution in [0.2, 0.25) is 0 Å². The van der Waals surface area contributed by atoms with Crippen LogP contribution in [0.5, 0.6) is 5.75 Å². The summed E-state index contributed by atoms with van der Waals surface area (Å²) < 4.78 is 5.46. The summed E-state index contributed by atoms with van der Waals surface area (Å²) in [6, 6.07) is 17.0. The molecule has 0 spiro atoms. The van der Waals surface area contributed by atoms with E-state index >= 15 is 0 Å². The number of benzene rings is 2. The molecular formula is C22H28N2O5. The molecular weight excluding hydrogens is 372 g/mol. The lowest BCUT2D eigenvalue weighted by atomic mass is 10.1. The Hall–Kier alpha value is -2.90. The average molecular weight is 400 g/mol. The standard InChI is InChI=1S/C20H26N2O.C2H2O4/c1-17-7-3-4-8-18(17)15-21-11-13-22(14-12-21)16-19-9-5-6-10-20(19)23-2;3-1(4)2(5)6/h3-10H,11-16H2,1-2H3;(H,3,4)(H,5,6). The van der Waals surface area contributed by atoms with Gasteiger partial charge in [0.25, 0.3) is 0 Å².